The van der Waals surface area contributed by atoms with Crippen molar-refractivity contribution in [2.24, 2.45) is 0 Å². The van der Waals surface area contributed by atoms with Crippen LogP contribution in [0.15, 0.2) is 18.2 Å². The van der Waals surface area contributed by atoms with Gasteiger partial charge < -0.3 is 5.73 Å². The van der Waals surface area contributed by atoms with Crippen LogP contribution in [-0.2, 0) is 4.84 Å². The molecule has 0 saturated carbocycles. The van der Waals surface area contributed by atoms with Gasteiger partial charge in [0.2, 0.25) is 0 Å². The lowest BCUT2D eigenvalue weighted by atomic mass is 10.2. The van der Waals surface area contributed by atoms with Crippen LogP contribution in [0, 0.1) is 0 Å². The fourth-order valence-corrected chi connectivity index (χ4v) is 0.999. The third-order valence-electron chi connectivity index (χ3n) is 1.57. The number of benzene rings is 1. The second-order valence-electron chi connectivity index (χ2n) is 2.60. The van der Waals surface area contributed by atoms with Crippen LogP contribution in [-0.4, -0.2) is 12.5 Å². The van der Waals surface area contributed by atoms with Gasteiger partial charge in [0.1, 0.15) is 0 Å². The molecule has 0 bridgehead atoms. The Morgan fingerprint density at radius 3 is 2.93 bits per heavy atom. The van der Waals surface area contributed by atoms with E-state index in [0.29, 0.717) is 22.9 Å². The average molecular weight is 215 g/mol. The fourth-order valence-electron chi connectivity index (χ4n) is 0.882. The number of halogens is 1. The lowest BCUT2D eigenvalue weighted by molar-refractivity contribution is 0.0364. The Bertz CT molecular complexity index is 342. The van der Waals surface area contributed by atoms with Gasteiger partial charge in [0.25, 0.3) is 5.91 Å². The van der Waals surface area contributed by atoms with Crippen molar-refractivity contribution in [3.8, 4) is 0 Å². The molecule has 0 aliphatic rings. The molecular weight excluding hydrogens is 204 g/mol. The highest BCUT2D eigenvalue weighted by Gasteiger charge is 2.06. The van der Waals surface area contributed by atoms with Crippen LogP contribution in [0.2, 0.25) is 5.02 Å². The first kappa shape index (κ1) is 10.8. The lowest BCUT2D eigenvalue weighted by Crippen LogP contribution is -2.23. The molecule has 0 unspecified atom stereocenters. The van der Waals surface area contributed by atoms with Crippen LogP contribution in [0.1, 0.15) is 17.3 Å². The Morgan fingerprint density at radius 2 is 2.36 bits per heavy atom. The van der Waals surface area contributed by atoms with E-state index in [4.69, 9.17) is 22.2 Å². The number of hydroxylamine groups is 1. The Kier molecular flexibility index (Phi) is 3.73. The van der Waals surface area contributed by atoms with Crippen molar-refractivity contribution < 1.29 is 9.63 Å². The molecule has 1 aromatic rings. The van der Waals surface area contributed by atoms with E-state index in [1.807, 2.05) is 0 Å². The second-order valence-corrected chi connectivity index (χ2v) is 3.01. The number of rotatable bonds is 3. The van der Waals surface area contributed by atoms with Gasteiger partial charge in [0, 0.05) is 5.56 Å². The number of hydrogen-bond acceptors (Lipinski definition) is 3. The Labute approximate surface area is 86.9 Å². The minimum Gasteiger partial charge on any atom is -0.398 e. The first-order chi connectivity index (χ1) is 6.65. The van der Waals surface area contributed by atoms with Crippen LogP contribution < -0.4 is 11.2 Å². The maximum Gasteiger partial charge on any atom is 0.274 e. The smallest absolute Gasteiger partial charge is 0.274 e. The quantitative estimate of drug-likeness (QED) is 0.594. The summed E-state index contributed by atoms with van der Waals surface area (Å²) in [6, 6.07) is 4.64. The molecule has 14 heavy (non-hydrogen) atoms. The molecule has 0 spiro atoms. The Balaban J connectivity index is 2.76. The van der Waals surface area contributed by atoms with Crippen molar-refractivity contribution in [1.29, 1.82) is 0 Å². The zero-order valence-corrected chi connectivity index (χ0v) is 8.47. The van der Waals surface area contributed by atoms with Crippen molar-refractivity contribution in [3.63, 3.8) is 0 Å². The maximum absolute atomic E-state index is 11.3. The molecule has 76 valence electrons. The summed E-state index contributed by atoms with van der Waals surface area (Å²) in [4.78, 5) is 16.1. The zero-order chi connectivity index (χ0) is 10.6. The summed E-state index contributed by atoms with van der Waals surface area (Å²) in [6.07, 6.45) is 0. The van der Waals surface area contributed by atoms with Crippen LogP contribution in [0.25, 0.3) is 0 Å². The fraction of sp³-hybridized carbons (Fsp3) is 0.222. The number of amides is 1. The third kappa shape index (κ3) is 2.61. The number of nitrogen functional groups attached to an aromatic ring is 1. The van der Waals surface area contributed by atoms with Gasteiger partial charge in [-0.25, -0.2) is 5.48 Å². The van der Waals surface area contributed by atoms with Crippen molar-refractivity contribution in [2.75, 3.05) is 12.3 Å². The summed E-state index contributed by atoms with van der Waals surface area (Å²) in [6.45, 7) is 2.19. The number of carbonyl (C=O) groups is 1. The van der Waals surface area contributed by atoms with E-state index < -0.39 is 0 Å². The van der Waals surface area contributed by atoms with E-state index in [1.165, 1.54) is 6.07 Å². The highest BCUT2D eigenvalue weighted by atomic mass is 35.5. The van der Waals surface area contributed by atoms with E-state index in [1.54, 1.807) is 19.1 Å². The molecule has 0 fully saturated rings. The van der Waals surface area contributed by atoms with Gasteiger partial charge in [0.15, 0.2) is 0 Å². The highest BCUT2D eigenvalue weighted by molar-refractivity contribution is 6.33. The van der Waals surface area contributed by atoms with E-state index in [9.17, 15) is 4.79 Å². The van der Waals surface area contributed by atoms with E-state index in [2.05, 4.69) is 5.48 Å². The third-order valence-corrected chi connectivity index (χ3v) is 1.91. The second kappa shape index (κ2) is 4.83. The normalized spacial score (nSPS) is 9.86. The molecule has 0 aromatic heterocycles. The predicted octanol–water partition coefficient (Wildman–Crippen LogP) is 1.60. The monoisotopic (exact) mass is 214 g/mol. The Morgan fingerprint density at radius 1 is 1.64 bits per heavy atom. The van der Waals surface area contributed by atoms with Crippen LogP contribution in [0.5, 0.6) is 0 Å². The molecule has 1 amide bonds. The first-order valence-electron chi connectivity index (χ1n) is 4.12. The first-order valence-corrected chi connectivity index (χ1v) is 4.50. The van der Waals surface area contributed by atoms with Crippen molar-refractivity contribution in [1.82, 2.24) is 5.48 Å². The van der Waals surface area contributed by atoms with E-state index >= 15 is 0 Å². The SMILES string of the molecule is CCONC(=O)c1ccc(Cl)c(N)c1. The number of nitrogens with two attached hydrogens (primary N) is 1. The topological polar surface area (TPSA) is 64.3 Å². The van der Waals surface area contributed by atoms with Gasteiger partial charge in [-0.1, -0.05) is 11.6 Å². The van der Waals surface area contributed by atoms with Crippen LogP contribution in [0.3, 0.4) is 0 Å². The molecule has 0 saturated heterocycles. The highest BCUT2D eigenvalue weighted by Crippen LogP contribution is 2.19. The maximum atomic E-state index is 11.3. The number of hydrogen-bond donors (Lipinski definition) is 2. The summed E-state index contributed by atoms with van der Waals surface area (Å²) >= 11 is 5.70. The van der Waals surface area contributed by atoms with Gasteiger partial charge in [-0.3, -0.25) is 9.63 Å². The number of anilines is 1. The molecule has 1 rings (SSSR count). The summed E-state index contributed by atoms with van der Waals surface area (Å²) in [7, 11) is 0. The van der Waals surface area contributed by atoms with Crippen LogP contribution in [0.4, 0.5) is 5.69 Å². The molecule has 0 radical (unpaired) electrons. The number of carbonyl (C=O) groups excluding carboxylic acids is 1. The molecule has 4 nitrogen and oxygen atoms in total. The average Bonchev–Trinajstić information content (AvgIpc) is 2.18. The molecule has 0 heterocycles. The molecular formula is C9H11ClN2O2. The van der Waals surface area contributed by atoms with Crippen LogP contribution >= 0.6 is 11.6 Å². The van der Waals surface area contributed by atoms with Crippen molar-refractivity contribution in [2.45, 2.75) is 6.92 Å². The van der Waals surface area contributed by atoms with Crippen molar-refractivity contribution in [3.05, 3.63) is 28.8 Å². The summed E-state index contributed by atoms with van der Waals surface area (Å²) < 4.78 is 0. The standard InChI is InChI=1S/C9H11ClN2O2/c1-2-14-12-9(13)6-3-4-7(10)8(11)5-6/h3-5H,2,11H2,1H3,(H,12,13). The molecule has 0 atom stereocenters. The minimum atomic E-state index is -0.338. The summed E-state index contributed by atoms with van der Waals surface area (Å²) in [5, 5.41) is 0.429. The van der Waals surface area contributed by atoms with Gasteiger partial charge in [-0.2, -0.15) is 0 Å². The summed E-state index contributed by atoms with van der Waals surface area (Å²) in [5.41, 5.74) is 8.58. The lowest BCUT2D eigenvalue weighted by Gasteiger charge is -2.04. The predicted molar refractivity (Wildman–Crippen MR) is 55.0 cm³/mol. The van der Waals surface area contributed by atoms with Crippen molar-refractivity contribution >= 4 is 23.2 Å². The molecule has 0 aliphatic carbocycles. The molecule has 0 aliphatic heterocycles. The van der Waals surface area contributed by atoms with Gasteiger partial charge in [0.05, 0.1) is 17.3 Å². The summed E-state index contributed by atoms with van der Waals surface area (Å²) in [5.74, 6) is -0.338. The molecule has 1 aromatic carbocycles. The van der Waals surface area contributed by atoms with E-state index in [-0.39, 0.29) is 5.91 Å². The van der Waals surface area contributed by atoms with E-state index in [0.717, 1.165) is 0 Å². The zero-order valence-electron chi connectivity index (χ0n) is 7.71. The number of nitrogens with one attached hydrogen (secondary N) is 1. The van der Waals surface area contributed by atoms with Gasteiger partial charge in [-0.15, -0.1) is 0 Å². The minimum absolute atomic E-state index is 0.338. The largest absolute Gasteiger partial charge is 0.398 e. The Hall–Kier alpha value is -1.26. The molecule has 3 N–H and O–H groups in total. The van der Waals surface area contributed by atoms with Gasteiger partial charge in [-0.05, 0) is 25.1 Å². The molecule has 5 heteroatoms. The van der Waals surface area contributed by atoms with Gasteiger partial charge >= 0.3 is 0 Å².